The number of rotatable bonds is 8. The molecule has 1 heterocycles. The lowest BCUT2D eigenvalue weighted by Crippen LogP contribution is -2.55. The number of phenols is 1. The maximum atomic E-state index is 14.0. The third-order valence-electron chi connectivity index (χ3n) is 7.11. The van der Waals surface area contributed by atoms with Gasteiger partial charge in [0.15, 0.2) is 0 Å². The van der Waals surface area contributed by atoms with E-state index < -0.39 is 31.5 Å². The molecule has 1 amide bonds. The van der Waals surface area contributed by atoms with Crippen LogP contribution in [-0.2, 0) is 9.36 Å². The largest absolute Gasteiger partial charge is 0.507 e. The molecule has 0 bridgehead atoms. The van der Waals surface area contributed by atoms with Crippen molar-refractivity contribution in [3.8, 4) is 16.9 Å². The van der Waals surface area contributed by atoms with Gasteiger partial charge in [-0.2, -0.15) is 0 Å². The average Bonchev–Trinajstić information content (AvgIpc) is 2.91. The summed E-state index contributed by atoms with van der Waals surface area (Å²) in [7, 11) is -4.39. The van der Waals surface area contributed by atoms with Crippen LogP contribution in [-0.4, -0.2) is 25.9 Å². The highest BCUT2D eigenvalue weighted by atomic mass is 31.2. The Morgan fingerprint density at radius 1 is 0.897 bits per heavy atom. The zero-order valence-corrected chi connectivity index (χ0v) is 21.7. The van der Waals surface area contributed by atoms with Crippen molar-refractivity contribution in [1.29, 1.82) is 0 Å². The molecular weight excluding hydrogens is 520 g/mol. The summed E-state index contributed by atoms with van der Waals surface area (Å²) in [5.74, 6) is -1.22. The molecule has 0 aliphatic carbocycles. The highest BCUT2D eigenvalue weighted by Gasteiger charge is 2.48. The molecule has 0 aromatic heterocycles. The maximum Gasteiger partial charge on any atom is 0.356 e. The zero-order chi connectivity index (χ0) is 27.7. The number of phenolic OH excluding ortho intramolecular Hbond substituents is 1. The first-order valence-corrected chi connectivity index (χ1v) is 14.1. The van der Waals surface area contributed by atoms with Gasteiger partial charge in [0.2, 0.25) is 5.91 Å². The number of anilines is 1. The quantitative estimate of drug-likeness (QED) is 0.178. The summed E-state index contributed by atoms with van der Waals surface area (Å²) in [5, 5.41) is 21.4. The molecule has 3 atom stereocenters. The van der Waals surface area contributed by atoms with E-state index >= 15 is 0 Å². The molecule has 4 aromatic rings. The van der Waals surface area contributed by atoms with Gasteiger partial charge in [-0.25, -0.2) is 4.39 Å². The van der Waals surface area contributed by atoms with E-state index in [2.05, 4.69) is 0 Å². The van der Waals surface area contributed by atoms with E-state index in [4.69, 9.17) is 0 Å². The predicted octanol–water partition coefficient (Wildman–Crippen LogP) is 5.22. The fourth-order valence-electron chi connectivity index (χ4n) is 5.12. The van der Waals surface area contributed by atoms with E-state index in [9.17, 15) is 33.7 Å². The minimum atomic E-state index is -4.39. The molecule has 0 spiro atoms. The van der Waals surface area contributed by atoms with Crippen LogP contribution in [0.3, 0.4) is 0 Å². The number of halogens is 1. The number of carbonyl (C=O) groups is 1. The number of hydrogen-bond donors (Lipinski definition) is 4. The lowest BCUT2D eigenvalue weighted by molar-refractivity contribution is -0.131. The Bertz CT molecular complexity index is 1540. The first-order valence-electron chi connectivity index (χ1n) is 12.4. The first-order chi connectivity index (χ1) is 18.6. The van der Waals surface area contributed by atoms with Crippen LogP contribution in [0.4, 0.5) is 10.1 Å². The van der Waals surface area contributed by atoms with Crippen LogP contribution in [0.25, 0.3) is 11.1 Å². The number of aromatic hydroxyl groups is 1. The third-order valence-corrected chi connectivity index (χ3v) is 8.08. The van der Waals surface area contributed by atoms with Crippen molar-refractivity contribution in [2.45, 2.75) is 25.0 Å². The number of hydrogen-bond acceptors (Lipinski definition) is 4. The minimum Gasteiger partial charge on any atom is -0.507 e. The highest BCUT2D eigenvalue weighted by molar-refractivity contribution is 7.60. The summed E-state index contributed by atoms with van der Waals surface area (Å²) in [5.41, 5.74) is 2.82. The molecule has 1 aliphatic heterocycles. The van der Waals surface area contributed by atoms with Crippen LogP contribution in [0.5, 0.6) is 5.75 Å². The summed E-state index contributed by atoms with van der Waals surface area (Å²) in [6.07, 6.45) is -0.00323. The molecular formula is C30H27FNO6P. The van der Waals surface area contributed by atoms with Crippen LogP contribution < -0.4 is 10.2 Å². The van der Waals surface area contributed by atoms with Gasteiger partial charge in [-0.15, -0.1) is 0 Å². The smallest absolute Gasteiger partial charge is 0.356 e. The molecule has 0 radical (unpaired) electrons. The summed E-state index contributed by atoms with van der Waals surface area (Å²) in [4.78, 5) is 33.5. The molecule has 7 nitrogen and oxygen atoms in total. The molecule has 1 fully saturated rings. The minimum absolute atomic E-state index is 0.0713. The Morgan fingerprint density at radius 2 is 1.62 bits per heavy atom. The van der Waals surface area contributed by atoms with Crippen molar-refractivity contribution in [1.82, 2.24) is 0 Å². The summed E-state index contributed by atoms with van der Waals surface area (Å²) >= 11 is 0. The topological polar surface area (TPSA) is 118 Å². The van der Waals surface area contributed by atoms with Crippen LogP contribution in [0, 0.1) is 11.7 Å². The first kappa shape index (κ1) is 26.8. The third kappa shape index (κ3) is 5.51. The van der Waals surface area contributed by atoms with Gasteiger partial charge in [-0.1, -0.05) is 60.7 Å². The van der Waals surface area contributed by atoms with Crippen LogP contribution in [0.1, 0.15) is 36.1 Å². The Labute approximate surface area is 225 Å². The summed E-state index contributed by atoms with van der Waals surface area (Å²) < 4.78 is 25.5. The predicted molar refractivity (Wildman–Crippen MR) is 146 cm³/mol. The summed E-state index contributed by atoms with van der Waals surface area (Å²) in [6.45, 7) is 0. The van der Waals surface area contributed by atoms with E-state index in [0.29, 0.717) is 35.2 Å². The lowest BCUT2D eigenvalue weighted by Gasteiger charge is -2.48. The van der Waals surface area contributed by atoms with E-state index in [1.807, 2.05) is 30.3 Å². The zero-order valence-electron chi connectivity index (χ0n) is 20.8. The van der Waals surface area contributed by atoms with Crippen molar-refractivity contribution in [3.63, 3.8) is 0 Å². The molecule has 9 heteroatoms. The van der Waals surface area contributed by atoms with Crippen LogP contribution in [0.2, 0.25) is 0 Å². The standard InChI is InChI=1S/C30H27FNO6P/c31-22-7-4-8-23(18-22)32-29(26(30(32)35)15-16-27(33)20-5-2-1-3-6-20)21-11-14-25(28(34)17-21)19-9-12-24(13-10-19)39(36,37)38/h1-14,17-18,26-27,29,33-34H,15-16H2,(H2,36,37,38). The molecule has 3 unspecified atom stereocenters. The molecule has 1 aliphatic rings. The van der Waals surface area contributed by atoms with Crippen molar-refractivity contribution in [3.05, 3.63) is 114 Å². The van der Waals surface area contributed by atoms with Gasteiger partial charge in [0.25, 0.3) is 0 Å². The molecule has 200 valence electrons. The molecule has 0 saturated carbocycles. The summed E-state index contributed by atoms with van der Waals surface area (Å²) in [6, 6.07) is 25.1. The van der Waals surface area contributed by atoms with Crippen molar-refractivity contribution < 1.29 is 33.7 Å². The Kier molecular flexibility index (Phi) is 7.38. The number of benzene rings is 4. The number of nitrogens with zero attached hydrogens (tertiary/aromatic N) is 1. The molecule has 1 saturated heterocycles. The second-order valence-corrected chi connectivity index (χ2v) is 11.2. The lowest BCUT2D eigenvalue weighted by atomic mass is 9.78. The van der Waals surface area contributed by atoms with Crippen molar-refractivity contribution in [2.75, 3.05) is 4.90 Å². The normalized spacial score (nSPS) is 18.1. The number of amides is 1. The second-order valence-electron chi connectivity index (χ2n) is 9.61. The van der Waals surface area contributed by atoms with Crippen LogP contribution >= 0.6 is 7.60 Å². The fraction of sp³-hybridized carbons (Fsp3) is 0.167. The Hall–Kier alpha value is -3.81. The van der Waals surface area contributed by atoms with E-state index in [1.54, 1.807) is 24.3 Å². The van der Waals surface area contributed by atoms with Gasteiger partial charge in [0.05, 0.1) is 23.4 Å². The van der Waals surface area contributed by atoms with Crippen LogP contribution in [0.15, 0.2) is 97.1 Å². The number of carbonyl (C=O) groups excluding carboxylic acids is 1. The van der Waals surface area contributed by atoms with Gasteiger partial charge in [0, 0.05) is 11.3 Å². The number of aliphatic hydroxyl groups excluding tert-OH is 1. The van der Waals surface area contributed by atoms with Crippen molar-refractivity contribution >= 4 is 24.5 Å². The fourth-order valence-corrected chi connectivity index (χ4v) is 5.65. The number of aliphatic hydroxyl groups is 1. The second kappa shape index (κ2) is 10.8. The molecule has 39 heavy (non-hydrogen) atoms. The van der Waals surface area contributed by atoms with Crippen molar-refractivity contribution in [2.24, 2.45) is 5.92 Å². The molecule has 5 rings (SSSR count). The van der Waals surface area contributed by atoms with Gasteiger partial charge in [-0.05, 0) is 65.9 Å². The Balaban J connectivity index is 1.44. The van der Waals surface area contributed by atoms with Gasteiger partial charge in [-0.3, -0.25) is 9.36 Å². The maximum absolute atomic E-state index is 14.0. The highest BCUT2D eigenvalue weighted by Crippen LogP contribution is 2.48. The van der Waals surface area contributed by atoms with E-state index in [0.717, 1.165) is 5.56 Å². The molecule has 4 aromatic carbocycles. The molecule has 4 N–H and O–H groups in total. The number of β-lactam (4-membered cyclic amide) rings is 1. The van der Waals surface area contributed by atoms with E-state index in [1.165, 1.54) is 47.4 Å². The van der Waals surface area contributed by atoms with Gasteiger partial charge >= 0.3 is 7.60 Å². The Morgan fingerprint density at radius 3 is 2.26 bits per heavy atom. The average molecular weight is 548 g/mol. The SMILES string of the molecule is O=C1C(CCC(O)c2ccccc2)C(c2ccc(-c3ccc(P(=O)(O)O)cc3)c(O)c2)N1c1cccc(F)c1. The van der Waals surface area contributed by atoms with Gasteiger partial charge < -0.3 is 24.9 Å². The van der Waals surface area contributed by atoms with Gasteiger partial charge in [0.1, 0.15) is 11.6 Å². The monoisotopic (exact) mass is 547 g/mol. The van der Waals surface area contributed by atoms with E-state index in [-0.39, 0.29) is 17.0 Å².